The molecule has 160 valence electrons. The lowest BCUT2D eigenvalue weighted by Crippen LogP contribution is -2.40. The Morgan fingerprint density at radius 2 is 2.06 bits per heavy atom. The molecule has 2 aliphatic rings. The van der Waals surface area contributed by atoms with E-state index in [1.54, 1.807) is 41.4 Å². The van der Waals surface area contributed by atoms with Crippen LogP contribution in [0.15, 0.2) is 59.8 Å². The fourth-order valence-corrected chi connectivity index (χ4v) is 4.47. The molecule has 0 radical (unpaired) electrons. The standard InChI is InChI=1S/C23H24ClN5O2/c24-17-3-4-18(26-11-17)15-31-20-7-9-29(23(30)10-20)19-5-6-22(27-12-19)28-13-16-2-1-8-25-21(16)14-28/h3-7,9-12,16,21,25H,1-2,8,13-15H2/t16-,21+/m1/s1. The van der Waals surface area contributed by atoms with Crippen LogP contribution in [0.2, 0.25) is 5.02 Å². The molecule has 0 amide bonds. The molecule has 0 aliphatic carbocycles. The second-order valence-corrected chi connectivity index (χ2v) is 8.51. The predicted molar refractivity (Wildman–Crippen MR) is 120 cm³/mol. The van der Waals surface area contributed by atoms with Crippen LogP contribution in [-0.2, 0) is 6.61 Å². The Hall–Kier alpha value is -2.90. The van der Waals surface area contributed by atoms with Crippen molar-refractivity contribution >= 4 is 17.4 Å². The Bertz CT molecular complexity index is 1090. The van der Waals surface area contributed by atoms with Crippen LogP contribution < -0.4 is 20.5 Å². The highest BCUT2D eigenvalue weighted by atomic mass is 35.5. The number of halogens is 1. The molecular weight excluding hydrogens is 414 g/mol. The molecule has 31 heavy (non-hydrogen) atoms. The molecule has 8 heteroatoms. The van der Waals surface area contributed by atoms with Gasteiger partial charge in [-0.3, -0.25) is 14.3 Å². The van der Waals surface area contributed by atoms with E-state index < -0.39 is 0 Å². The molecule has 3 aromatic heterocycles. The van der Waals surface area contributed by atoms with E-state index in [1.807, 2.05) is 12.1 Å². The van der Waals surface area contributed by atoms with E-state index in [9.17, 15) is 4.79 Å². The molecule has 0 spiro atoms. The first kappa shape index (κ1) is 20.0. The normalized spacial score (nSPS) is 20.5. The zero-order valence-corrected chi connectivity index (χ0v) is 17.8. The van der Waals surface area contributed by atoms with Crippen molar-refractivity contribution in [2.24, 2.45) is 5.92 Å². The maximum atomic E-state index is 12.6. The van der Waals surface area contributed by atoms with E-state index in [2.05, 4.69) is 20.2 Å². The van der Waals surface area contributed by atoms with Gasteiger partial charge in [0.25, 0.3) is 5.56 Å². The molecule has 3 aromatic rings. The summed E-state index contributed by atoms with van der Waals surface area (Å²) in [5.41, 5.74) is 1.30. The Morgan fingerprint density at radius 1 is 1.13 bits per heavy atom. The number of hydrogen-bond donors (Lipinski definition) is 1. The average Bonchev–Trinajstić information content (AvgIpc) is 3.23. The summed E-state index contributed by atoms with van der Waals surface area (Å²) in [7, 11) is 0. The Balaban J connectivity index is 1.26. The Kier molecular flexibility index (Phi) is 5.61. The van der Waals surface area contributed by atoms with Crippen molar-refractivity contribution in [1.82, 2.24) is 19.9 Å². The third-order valence-electron chi connectivity index (χ3n) is 6.00. The van der Waals surface area contributed by atoms with Gasteiger partial charge < -0.3 is 15.0 Å². The SMILES string of the molecule is O=c1cc(OCc2ccc(Cl)cn2)ccn1-c1ccc(N2C[C@H]3CCCN[C@H]3C2)nc1. The van der Waals surface area contributed by atoms with Crippen LogP contribution in [-0.4, -0.2) is 40.2 Å². The highest BCUT2D eigenvalue weighted by molar-refractivity contribution is 6.30. The van der Waals surface area contributed by atoms with Crippen LogP contribution in [0, 0.1) is 5.92 Å². The summed E-state index contributed by atoms with van der Waals surface area (Å²) >= 11 is 5.84. The number of aromatic nitrogens is 3. The van der Waals surface area contributed by atoms with Gasteiger partial charge >= 0.3 is 0 Å². The summed E-state index contributed by atoms with van der Waals surface area (Å²) < 4.78 is 7.25. The van der Waals surface area contributed by atoms with Crippen molar-refractivity contribution in [3.63, 3.8) is 0 Å². The van der Waals surface area contributed by atoms with E-state index in [4.69, 9.17) is 16.3 Å². The number of pyridine rings is 3. The predicted octanol–water partition coefficient (Wildman–Crippen LogP) is 3.05. The lowest BCUT2D eigenvalue weighted by molar-refractivity contribution is 0.300. The van der Waals surface area contributed by atoms with Crippen molar-refractivity contribution in [2.45, 2.75) is 25.5 Å². The maximum absolute atomic E-state index is 12.6. The van der Waals surface area contributed by atoms with Gasteiger partial charge in [-0.15, -0.1) is 0 Å². The molecular formula is C23H24ClN5O2. The summed E-state index contributed by atoms with van der Waals surface area (Å²) in [5, 5.41) is 4.19. The number of hydrogen-bond acceptors (Lipinski definition) is 6. The number of rotatable bonds is 5. The van der Waals surface area contributed by atoms with Crippen LogP contribution in [0.1, 0.15) is 18.5 Å². The summed E-state index contributed by atoms with van der Waals surface area (Å²) in [6.45, 7) is 3.41. The third-order valence-corrected chi connectivity index (χ3v) is 6.22. The molecule has 1 N–H and O–H groups in total. The smallest absolute Gasteiger partial charge is 0.258 e. The van der Waals surface area contributed by atoms with Crippen molar-refractivity contribution < 1.29 is 4.74 Å². The molecule has 7 nitrogen and oxygen atoms in total. The first-order valence-corrected chi connectivity index (χ1v) is 10.9. The highest BCUT2D eigenvalue weighted by Crippen LogP contribution is 2.28. The summed E-state index contributed by atoms with van der Waals surface area (Å²) in [4.78, 5) is 23.8. The molecule has 0 bridgehead atoms. The number of piperidine rings is 1. The molecule has 0 aromatic carbocycles. The van der Waals surface area contributed by atoms with Gasteiger partial charge in [-0.05, 0) is 55.6 Å². The largest absolute Gasteiger partial charge is 0.487 e. The fraction of sp³-hybridized carbons (Fsp3) is 0.348. The van der Waals surface area contributed by atoms with Crippen LogP contribution in [0.3, 0.4) is 0 Å². The van der Waals surface area contributed by atoms with E-state index in [0.29, 0.717) is 22.7 Å². The van der Waals surface area contributed by atoms with Crippen LogP contribution in [0.25, 0.3) is 5.69 Å². The van der Waals surface area contributed by atoms with Gasteiger partial charge in [0.05, 0.1) is 22.6 Å². The second kappa shape index (κ2) is 8.69. The molecule has 2 fully saturated rings. The maximum Gasteiger partial charge on any atom is 0.258 e. The minimum atomic E-state index is -0.174. The van der Waals surface area contributed by atoms with E-state index in [1.165, 1.54) is 18.9 Å². The summed E-state index contributed by atoms with van der Waals surface area (Å²) in [6, 6.07) is 11.3. The fourth-order valence-electron chi connectivity index (χ4n) is 4.35. The molecule has 2 aliphatic heterocycles. The molecule has 2 atom stereocenters. The first-order chi connectivity index (χ1) is 15.2. The Labute approximate surface area is 185 Å². The van der Waals surface area contributed by atoms with Gasteiger partial charge in [0, 0.05) is 37.6 Å². The summed E-state index contributed by atoms with van der Waals surface area (Å²) in [5.74, 6) is 2.16. The lowest BCUT2D eigenvalue weighted by Gasteiger charge is -2.24. The minimum Gasteiger partial charge on any atom is -0.487 e. The highest BCUT2D eigenvalue weighted by Gasteiger charge is 2.34. The number of anilines is 1. The van der Waals surface area contributed by atoms with Crippen molar-refractivity contribution in [1.29, 1.82) is 0 Å². The molecule has 0 unspecified atom stereocenters. The number of ether oxygens (including phenoxy) is 1. The molecule has 5 rings (SSSR count). The van der Waals surface area contributed by atoms with Gasteiger partial charge in [0.2, 0.25) is 0 Å². The van der Waals surface area contributed by atoms with Gasteiger partial charge in [-0.25, -0.2) is 4.98 Å². The van der Waals surface area contributed by atoms with Crippen LogP contribution in [0.4, 0.5) is 5.82 Å². The third kappa shape index (κ3) is 4.43. The zero-order chi connectivity index (χ0) is 21.2. The van der Waals surface area contributed by atoms with Gasteiger partial charge in [0.1, 0.15) is 18.2 Å². The molecule has 5 heterocycles. The lowest BCUT2D eigenvalue weighted by atomic mass is 9.94. The molecule has 0 saturated carbocycles. The van der Waals surface area contributed by atoms with Crippen molar-refractivity contribution in [2.75, 3.05) is 24.5 Å². The number of nitrogens with one attached hydrogen (secondary N) is 1. The topological polar surface area (TPSA) is 72.3 Å². The van der Waals surface area contributed by atoms with E-state index in [-0.39, 0.29) is 12.2 Å². The second-order valence-electron chi connectivity index (χ2n) is 8.07. The summed E-state index contributed by atoms with van der Waals surface area (Å²) in [6.07, 6.45) is 7.56. The van der Waals surface area contributed by atoms with Crippen LogP contribution >= 0.6 is 11.6 Å². The van der Waals surface area contributed by atoms with Crippen molar-refractivity contribution in [3.8, 4) is 11.4 Å². The number of nitrogens with zero attached hydrogens (tertiary/aromatic N) is 4. The molecule has 2 saturated heterocycles. The Morgan fingerprint density at radius 3 is 2.81 bits per heavy atom. The van der Waals surface area contributed by atoms with E-state index in [0.717, 1.165) is 36.8 Å². The van der Waals surface area contributed by atoms with Gasteiger partial charge in [-0.2, -0.15) is 0 Å². The zero-order valence-electron chi connectivity index (χ0n) is 17.1. The van der Waals surface area contributed by atoms with Gasteiger partial charge in [-0.1, -0.05) is 11.6 Å². The number of fused-ring (bicyclic) bond motifs is 1. The van der Waals surface area contributed by atoms with Gasteiger partial charge in [0.15, 0.2) is 0 Å². The van der Waals surface area contributed by atoms with Crippen LogP contribution in [0.5, 0.6) is 5.75 Å². The average molecular weight is 438 g/mol. The quantitative estimate of drug-likeness (QED) is 0.661. The minimum absolute atomic E-state index is 0.174. The van der Waals surface area contributed by atoms with E-state index >= 15 is 0 Å². The first-order valence-electron chi connectivity index (χ1n) is 10.6. The monoisotopic (exact) mass is 437 g/mol. The van der Waals surface area contributed by atoms with Crippen molar-refractivity contribution in [3.05, 3.63) is 76.1 Å².